The minimum Gasteiger partial charge on any atom is -0.465 e. The van der Waals surface area contributed by atoms with Crippen LogP contribution in [-0.4, -0.2) is 57.8 Å². The Morgan fingerprint density at radius 3 is 0.932 bits per heavy atom. The Labute approximate surface area is 787 Å². The van der Waals surface area contributed by atoms with Crippen molar-refractivity contribution in [1.29, 1.82) is 0 Å². The highest BCUT2D eigenvalue weighted by Crippen LogP contribution is 2.54. The minimum absolute atomic E-state index is 0. The molecule has 12 aromatic rings. The summed E-state index contributed by atoms with van der Waals surface area (Å²) in [5.74, 6) is -5.59. The molecule has 1 atom stereocenters. The number of esters is 3. The Hall–Kier alpha value is -10.9. The van der Waals surface area contributed by atoms with Gasteiger partial charge in [-0.05, 0) is 254 Å². The monoisotopic (exact) mass is 1940 g/mol. The van der Waals surface area contributed by atoms with E-state index in [2.05, 4.69) is 258 Å². The molecule has 28 heteroatoms. The average Bonchev–Trinajstić information content (AvgIpc) is 0.693. The summed E-state index contributed by atoms with van der Waals surface area (Å²) in [6.07, 6.45) is -6.19. The third-order valence-electron chi connectivity index (χ3n) is 20.0. The predicted molar refractivity (Wildman–Crippen MR) is 516 cm³/mol. The standard InChI is InChI=1S/C29H27O2S.C26H29O2S.C24H25O2S.C9H6F6.C8H10.C3HF6NO4S2.6CH4/c1-3-22(2)23-14-16-24(17-15-23)29(30)31-25-18-20-28(21-19-25)32(26-10-6-4-7-11-26)27-12-8-5-9-13-27;1-4-26(2,3)25(27)28-20-19-21-15-17-24(18-16-21)29(22-11-7-5-8-12-22)23-13-9-6-10-14-23;1-4-24(2,3)23(25)26-19-15-17-22(18-16-19)27(20-11-7-5-8-12-20)21-13-9-6-10-14-21;1-5-2-6(8(10,11)12)4-7(3-5)9(13,14)15;1-7-3-5-8(2)6-4-7;4-1(5)2(6,7)15(11,12)10-16(13,14)3(1,8)9;;;;;;/h4-22H,3H2,1-2H3;5-18H,4,19-20H2,1-3H3;5-18H,4H2,1-3H3;2-4H,1H3;3-6H,1-2H3;10H;6*1H4/q3*+1;;;;;;;;;. The van der Waals surface area contributed by atoms with Gasteiger partial charge in [-0.1, -0.05) is 245 Å². The summed E-state index contributed by atoms with van der Waals surface area (Å²) >= 11 is 0. The van der Waals surface area contributed by atoms with E-state index in [1.807, 2.05) is 114 Å². The van der Waals surface area contributed by atoms with Crippen LogP contribution in [0.4, 0.5) is 52.7 Å². The van der Waals surface area contributed by atoms with Crippen LogP contribution in [0.1, 0.15) is 174 Å². The number of carbonyl (C=O) groups is 3. The van der Waals surface area contributed by atoms with Gasteiger partial charge in [-0.2, -0.15) is 52.7 Å². The van der Waals surface area contributed by atoms with Crippen molar-refractivity contribution in [3.63, 3.8) is 0 Å². The molecule has 0 aromatic heterocycles. The van der Waals surface area contributed by atoms with Gasteiger partial charge in [-0.25, -0.2) is 21.6 Å². The fourth-order valence-electron chi connectivity index (χ4n) is 11.5. The van der Waals surface area contributed by atoms with Crippen molar-refractivity contribution in [3.05, 3.63) is 366 Å². The number of hydrogen-bond acceptors (Lipinski definition) is 10. The zero-order chi connectivity index (χ0) is 93.4. The van der Waals surface area contributed by atoms with Crippen LogP contribution in [0.25, 0.3) is 0 Å². The highest BCUT2D eigenvalue weighted by atomic mass is 32.3. The maximum Gasteiger partial charge on any atom is 0.429 e. The van der Waals surface area contributed by atoms with Gasteiger partial charge in [0.2, 0.25) is 0 Å². The molecule has 1 N–H and O–H groups in total. The quantitative estimate of drug-likeness (QED) is 0.0317. The van der Waals surface area contributed by atoms with Crippen molar-refractivity contribution in [2.45, 2.75) is 225 Å². The topological polar surface area (TPSA) is 159 Å². The summed E-state index contributed by atoms with van der Waals surface area (Å²) in [5.41, 5.74) is 2.12. The largest absolute Gasteiger partial charge is 0.465 e. The molecule has 718 valence electrons. The number of alkyl halides is 12. The molecule has 1 saturated heterocycles. The second kappa shape index (κ2) is 52.1. The van der Waals surface area contributed by atoms with Gasteiger partial charge in [0.05, 0.1) is 66.8 Å². The van der Waals surface area contributed by atoms with Gasteiger partial charge in [0.15, 0.2) is 44.1 Å². The maximum atomic E-state index is 12.6. The van der Waals surface area contributed by atoms with Gasteiger partial charge < -0.3 is 14.2 Å². The van der Waals surface area contributed by atoms with Crippen molar-refractivity contribution in [2.75, 3.05) is 6.61 Å². The molecule has 11 nitrogen and oxygen atoms in total. The van der Waals surface area contributed by atoms with E-state index in [0.717, 1.165) is 25.7 Å². The van der Waals surface area contributed by atoms with Crippen LogP contribution in [0.2, 0.25) is 0 Å². The van der Waals surface area contributed by atoms with E-state index >= 15 is 0 Å². The molecular formula is C105H122F12NO10S5+3. The lowest BCUT2D eigenvalue weighted by atomic mass is 9.91. The van der Waals surface area contributed by atoms with Gasteiger partial charge in [0.1, 0.15) is 11.5 Å². The van der Waals surface area contributed by atoms with Crippen molar-refractivity contribution in [2.24, 2.45) is 10.8 Å². The van der Waals surface area contributed by atoms with Crippen LogP contribution in [0.3, 0.4) is 0 Å². The zero-order valence-corrected chi connectivity index (χ0v) is 75.5. The fourth-order valence-corrected chi connectivity index (χ4v) is 20.7. The maximum absolute atomic E-state index is 12.6. The molecule has 0 radical (unpaired) electrons. The first-order valence-corrected chi connectivity index (χ1v) is 46.7. The van der Waals surface area contributed by atoms with Gasteiger partial charge in [-0.3, -0.25) is 9.59 Å². The Balaban J connectivity index is 0.000000557. The summed E-state index contributed by atoms with van der Waals surface area (Å²) in [6, 6.07) is 105. The molecule has 0 amide bonds. The molecule has 12 aromatic carbocycles. The van der Waals surface area contributed by atoms with Gasteiger partial charge >= 0.3 is 46.7 Å². The Morgan fingerprint density at radius 1 is 0.368 bits per heavy atom. The first-order chi connectivity index (χ1) is 59.8. The summed E-state index contributed by atoms with van der Waals surface area (Å²) in [5, 5.41) is -12.5. The molecule has 133 heavy (non-hydrogen) atoms. The van der Waals surface area contributed by atoms with E-state index < -0.39 is 70.8 Å². The number of aryl methyl sites for hydroxylation is 3. The molecule has 1 unspecified atom stereocenters. The third-order valence-corrected chi connectivity index (χ3v) is 30.3. The third kappa shape index (κ3) is 32.2. The van der Waals surface area contributed by atoms with E-state index in [0.29, 0.717) is 41.7 Å². The van der Waals surface area contributed by atoms with E-state index in [1.54, 1.807) is 0 Å². The summed E-state index contributed by atoms with van der Waals surface area (Å²) in [4.78, 5) is 48.4. The number of halogens is 12. The summed E-state index contributed by atoms with van der Waals surface area (Å²) < 4.78 is 206. The average molecular weight is 1950 g/mol. The lowest BCUT2D eigenvalue weighted by Crippen LogP contribution is -2.70. The first-order valence-electron chi connectivity index (χ1n) is 40.0. The molecule has 1 aliphatic rings. The number of nitrogens with one attached hydrogen (secondary N) is 1. The molecule has 0 saturated carbocycles. The van der Waals surface area contributed by atoms with E-state index in [4.69, 9.17) is 14.2 Å². The van der Waals surface area contributed by atoms with Crippen molar-refractivity contribution in [1.82, 2.24) is 4.13 Å². The van der Waals surface area contributed by atoms with Crippen molar-refractivity contribution < 1.29 is 98.1 Å². The molecular weight excluding hydrogens is 1820 g/mol. The highest BCUT2D eigenvalue weighted by Gasteiger charge is 2.86. The molecule has 1 fully saturated rings. The van der Waals surface area contributed by atoms with Crippen LogP contribution in [0, 0.1) is 31.6 Å². The second-order valence-electron chi connectivity index (χ2n) is 30.4. The normalized spacial score (nSPS) is 13.7. The number of benzene rings is 12. The smallest absolute Gasteiger partial charge is 0.429 e. The zero-order valence-electron chi connectivity index (χ0n) is 71.4. The Morgan fingerprint density at radius 2 is 0.647 bits per heavy atom. The minimum atomic E-state index is -6.57. The molecule has 13 rings (SSSR count). The number of hydrogen-bond donors (Lipinski definition) is 1. The van der Waals surface area contributed by atoms with E-state index in [-0.39, 0.29) is 111 Å². The molecule has 1 heterocycles. The van der Waals surface area contributed by atoms with E-state index in [1.165, 1.54) is 73.2 Å². The van der Waals surface area contributed by atoms with E-state index in [9.17, 15) is 83.9 Å². The SMILES string of the molecule is C.C.C.C.C.C.CCC(C)(C)C(=O)OCCc1ccc([S+](c2ccccc2)c2ccccc2)cc1.CCC(C)(C)C(=O)Oc1ccc([S+](c2ccccc2)c2ccccc2)cc1.CCC(C)c1ccc(C(=O)Oc2ccc([S+](c3ccccc3)c3ccccc3)cc2)cc1.Cc1cc(C(F)(F)F)cc(C(F)(F)F)c1.Cc1ccc(C)cc1.O=S1(=O)NS(=O)(=O)C(F)(F)C(F)(F)C1(F)F. The van der Waals surface area contributed by atoms with Crippen molar-refractivity contribution in [3.8, 4) is 11.5 Å². The van der Waals surface area contributed by atoms with Crippen molar-refractivity contribution >= 4 is 70.6 Å². The molecule has 0 bridgehead atoms. The van der Waals surface area contributed by atoms with Crippen LogP contribution in [-0.2, 0) is 85.8 Å². The lowest BCUT2D eigenvalue weighted by molar-refractivity contribution is -0.246. The second-order valence-corrected chi connectivity index (χ2v) is 40.2. The van der Waals surface area contributed by atoms with Crippen LogP contribution in [0.15, 0.2) is 366 Å². The molecule has 1 aliphatic heterocycles. The first kappa shape index (κ1) is 118. The van der Waals surface area contributed by atoms with Gasteiger partial charge in [-0.15, -0.1) is 0 Å². The van der Waals surface area contributed by atoms with Crippen LogP contribution in [0.5, 0.6) is 11.5 Å². The van der Waals surface area contributed by atoms with Gasteiger partial charge in [0.25, 0.3) is 20.0 Å². The molecule has 0 spiro atoms. The Bertz CT molecular complexity index is 5520. The number of sulfonamides is 2. The number of rotatable bonds is 21. The number of carbonyl (C=O) groups excluding carboxylic acids is 3. The highest BCUT2D eigenvalue weighted by molar-refractivity contribution is 8.06. The summed E-state index contributed by atoms with van der Waals surface area (Å²) in [6.45, 7) is 21.8. The number of ether oxygens (including phenoxy) is 3. The van der Waals surface area contributed by atoms with Crippen LogP contribution >= 0.6 is 0 Å². The van der Waals surface area contributed by atoms with Crippen LogP contribution < -0.4 is 13.6 Å². The molecule has 0 aliphatic carbocycles. The fraction of sp³-hybridized carbons (Fsp3) is 0.286. The Kier molecular flexibility index (Phi) is 46.3. The van der Waals surface area contributed by atoms with Gasteiger partial charge in [0, 0.05) is 6.42 Å². The summed E-state index contributed by atoms with van der Waals surface area (Å²) in [7, 11) is -13.4. The lowest BCUT2D eigenvalue weighted by Gasteiger charge is -2.35. The predicted octanol–water partition coefficient (Wildman–Crippen LogP) is 30.2.